The van der Waals surface area contributed by atoms with Gasteiger partial charge in [0.05, 0.1) is 0 Å². The lowest BCUT2D eigenvalue weighted by atomic mass is 9.65. The monoisotopic (exact) mass is 283 g/mol. The van der Waals surface area contributed by atoms with Crippen LogP contribution in [0.4, 0.5) is 18.0 Å². The second-order valence-electron chi connectivity index (χ2n) is 5.64. The van der Waals surface area contributed by atoms with E-state index in [0.29, 0.717) is 0 Å². The minimum Gasteiger partial charge on any atom is -0.481 e. The Bertz CT molecular complexity index is 380. The lowest BCUT2D eigenvalue weighted by Crippen LogP contribution is -2.61. The molecule has 0 aromatic rings. The predicted octanol–water partition coefficient (Wildman–Crippen LogP) is 2.31. The summed E-state index contributed by atoms with van der Waals surface area (Å²) in [5.41, 5.74) is -3.52. The molecular weight excluding hydrogens is 267 g/mol. The number of ether oxygens (including phenoxy) is 1. The standard InChI is InChI=1S/C11H16F3NO4/c1-9(2,3)19-8(18)15-6-4-10(5-6,7(16)17)11(12,13)14/h6H,4-5H2,1-3H3,(H,15,18)(H,16,17). The number of halogens is 3. The van der Waals surface area contributed by atoms with Crippen molar-refractivity contribution < 1.29 is 32.6 Å². The minimum absolute atomic E-state index is 0.676. The van der Waals surface area contributed by atoms with E-state index in [1.165, 1.54) is 0 Å². The largest absolute Gasteiger partial charge is 0.481 e. The van der Waals surface area contributed by atoms with Crippen molar-refractivity contribution in [1.82, 2.24) is 5.32 Å². The Morgan fingerprint density at radius 2 is 1.74 bits per heavy atom. The van der Waals surface area contributed by atoms with E-state index in [4.69, 9.17) is 9.84 Å². The first-order valence-electron chi connectivity index (χ1n) is 5.67. The summed E-state index contributed by atoms with van der Waals surface area (Å²) in [5.74, 6) is -1.91. The van der Waals surface area contributed by atoms with Gasteiger partial charge < -0.3 is 15.2 Å². The fraction of sp³-hybridized carbons (Fsp3) is 0.818. The number of carbonyl (C=O) groups excluding carboxylic acids is 1. The Labute approximate surface area is 108 Å². The fourth-order valence-electron chi connectivity index (χ4n) is 1.89. The van der Waals surface area contributed by atoms with Crippen molar-refractivity contribution in [3.63, 3.8) is 0 Å². The molecule has 1 amide bonds. The molecule has 1 fully saturated rings. The number of carboxylic acid groups (broad SMARTS) is 1. The van der Waals surface area contributed by atoms with Crippen LogP contribution in [0, 0.1) is 5.41 Å². The summed E-state index contributed by atoms with van der Waals surface area (Å²) in [7, 11) is 0. The number of alkyl carbamates (subject to hydrolysis) is 1. The van der Waals surface area contributed by atoms with Gasteiger partial charge in [0.25, 0.3) is 0 Å². The molecule has 1 saturated carbocycles. The molecule has 1 rings (SSSR count). The summed E-state index contributed by atoms with van der Waals surface area (Å²) in [5, 5.41) is 10.9. The Balaban J connectivity index is 2.57. The van der Waals surface area contributed by atoms with Crippen LogP contribution < -0.4 is 5.32 Å². The van der Waals surface area contributed by atoms with Crippen molar-refractivity contribution in [3.8, 4) is 0 Å². The van der Waals surface area contributed by atoms with Crippen LogP contribution in [0.3, 0.4) is 0 Å². The van der Waals surface area contributed by atoms with E-state index in [1.54, 1.807) is 20.8 Å². The lowest BCUT2D eigenvalue weighted by Gasteiger charge is -2.45. The van der Waals surface area contributed by atoms with E-state index < -0.39 is 48.1 Å². The lowest BCUT2D eigenvalue weighted by molar-refractivity contribution is -0.257. The molecule has 0 aromatic heterocycles. The zero-order valence-electron chi connectivity index (χ0n) is 10.8. The van der Waals surface area contributed by atoms with E-state index in [9.17, 15) is 22.8 Å². The minimum atomic E-state index is -4.83. The molecule has 0 unspecified atom stereocenters. The molecule has 8 heteroatoms. The molecule has 2 N–H and O–H groups in total. The molecule has 0 heterocycles. The molecule has 1 aliphatic carbocycles. The highest BCUT2D eigenvalue weighted by atomic mass is 19.4. The first-order chi connectivity index (χ1) is 8.37. The van der Waals surface area contributed by atoms with E-state index >= 15 is 0 Å². The molecule has 0 saturated heterocycles. The maximum Gasteiger partial charge on any atom is 0.407 e. The zero-order valence-corrected chi connectivity index (χ0v) is 10.8. The highest BCUT2D eigenvalue weighted by Crippen LogP contribution is 2.53. The van der Waals surface area contributed by atoms with Gasteiger partial charge in [-0.05, 0) is 33.6 Å². The van der Waals surface area contributed by atoms with Gasteiger partial charge in [-0.15, -0.1) is 0 Å². The van der Waals surface area contributed by atoms with Gasteiger partial charge in [0.1, 0.15) is 5.60 Å². The van der Waals surface area contributed by atoms with Crippen molar-refractivity contribution in [3.05, 3.63) is 0 Å². The molecule has 110 valence electrons. The van der Waals surface area contributed by atoms with Crippen LogP contribution in [0.15, 0.2) is 0 Å². The van der Waals surface area contributed by atoms with Gasteiger partial charge >= 0.3 is 18.2 Å². The van der Waals surface area contributed by atoms with Crippen LogP contribution in [0.2, 0.25) is 0 Å². The number of hydrogen-bond acceptors (Lipinski definition) is 3. The van der Waals surface area contributed by atoms with Crippen molar-refractivity contribution in [2.24, 2.45) is 5.41 Å². The van der Waals surface area contributed by atoms with E-state index in [2.05, 4.69) is 5.32 Å². The van der Waals surface area contributed by atoms with E-state index in [1.807, 2.05) is 0 Å². The highest BCUT2D eigenvalue weighted by Gasteiger charge is 2.67. The van der Waals surface area contributed by atoms with E-state index in [-0.39, 0.29) is 0 Å². The Morgan fingerprint density at radius 3 is 2.05 bits per heavy atom. The SMILES string of the molecule is CC(C)(C)OC(=O)NC1CC(C(=O)O)(C(F)(F)F)C1. The zero-order chi connectivity index (χ0) is 15.1. The number of nitrogens with one attached hydrogen (secondary N) is 1. The molecule has 0 spiro atoms. The summed E-state index contributed by atoms with van der Waals surface area (Å²) >= 11 is 0. The molecular formula is C11H16F3NO4. The molecule has 0 atom stereocenters. The van der Waals surface area contributed by atoms with Gasteiger partial charge in [0, 0.05) is 6.04 Å². The van der Waals surface area contributed by atoms with Crippen LogP contribution in [-0.2, 0) is 9.53 Å². The van der Waals surface area contributed by atoms with Gasteiger partial charge in [-0.1, -0.05) is 0 Å². The number of hydrogen-bond donors (Lipinski definition) is 2. The van der Waals surface area contributed by atoms with Gasteiger partial charge in [-0.2, -0.15) is 13.2 Å². The molecule has 1 aliphatic rings. The Hall–Kier alpha value is -1.47. The molecule has 0 radical (unpaired) electrons. The maximum absolute atomic E-state index is 12.7. The predicted molar refractivity (Wildman–Crippen MR) is 58.5 cm³/mol. The quantitative estimate of drug-likeness (QED) is 0.815. The molecule has 19 heavy (non-hydrogen) atoms. The summed E-state index contributed by atoms with van der Waals surface area (Å²) in [6.07, 6.45) is -7.03. The van der Waals surface area contributed by atoms with Gasteiger partial charge in [-0.25, -0.2) is 4.79 Å². The molecule has 0 aliphatic heterocycles. The highest BCUT2D eigenvalue weighted by molar-refractivity contribution is 5.78. The second-order valence-corrected chi connectivity index (χ2v) is 5.64. The summed E-state index contributed by atoms with van der Waals surface area (Å²) < 4.78 is 42.9. The van der Waals surface area contributed by atoms with Crippen molar-refractivity contribution in [2.45, 2.75) is 51.4 Å². The van der Waals surface area contributed by atoms with E-state index in [0.717, 1.165) is 0 Å². The van der Waals surface area contributed by atoms with Gasteiger partial charge in [0.2, 0.25) is 0 Å². The average molecular weight is 283 g/mol. The van der Waals surface area contributed by atoms with Crippen LogP contribution in [0.1, 0.15) is 33.6 Å². The Kier molecular flexibility index (Phi) is 3.75. The number of carbonyl (C=O) groups is 2. The second kappa shape index (κ2) is 4.57. The molecule has 5 nitrogen and oxygen atoms in total. The first-order valence-corrected chi connectivity index (χ1v) is 5.67. The molecule has 0 aromatic carbocycles. The normalized spacial score (nSPS) is 27.4. The van der Waals surface area contributed by atoms with Gasteiger partial charge in [-0.3, -0.25) is 4.79 Å². The third kappa shape index (κ3) is 3.30. The van der Waals surface area contributed by atoms with Crippen LogP contribution in [-0.4, -0.2) is 35.0 Å². The summed E-state index contributed by atoms with van der Waals surface area (Å²) in [6.45, 7) is 4.85. The Morgan fingerprint density at radius 1 is 1.26 bits per heavy atom. The fourth-order valence-corrected chi connectivity index (χ4v) is 1.89. The third-order valence-electron chi connectivity index (χ3n) is 2.86. The van der Waals surface area contributed by atoms with Gasteiger partial charge in [0.15, 0.2) is 5.41 Å². The number of rotatable bonds is 2. The topological polar surface area (TPSA) is 75.6 Å². The average Bonchev–Trinajstić information content (AvgIpc) is 2.03. The number of amides is 1. The van der Waals surface area contributed by atoms with Crippen molar-refractivity contribution in [2.75, 3.05) is 0 Å². The summed E-state index contributed by atoms with van der Waals surface area (Å²) in [4.78, 5) is 22.1. The van der Waals surface area contributed by atoms with Crippen LogP contribution in [0.5, 0.6) is 0 Å². The first kappa shape index (κ1) is 15.6. The third-order valence-corrected chi connectivity index (χ3v) is 2.86. The number of aliphatic carboxylic acids is 1. The smallest absolute Gasteiger partial charge is 0.407 e. The van der Waals surface area contributed by atoms with Crippen LogP contribution >= 0.6 is 0 Å². The van der Waals surface area contributed by atoms with Crippen molar-refractivity contribution >= 4 is 12.1 Å². The molecule has 0 bridgehead atoms. The number of alkyl halides is 3. The number of carboxylic acids is 1. The van der Waals surface area contributed by atoms with Crippen molar-refractivity contribution in [1.29, 1.82) is 0 Å². The maximum atomic E-state index is 12.7. The van der Waals surface area contributed by atoms with Crippen LogP contribution in [0.25, 0.3) is 0 Å². The summed E-state index contributed by atoms with van der Waals surface area (Å²) in [6, 6.07) is -0.840.